The fourth-order valence-corrected chi connectivity index (χ4v) is 9.21. The standard InChI is InChI=1S/C45H51N7O9/c1-48(26-35-37(59-3)21-28(22-38(35)60-4)34-25-49(2)42(56)33-24-46-15-12-30(33)34)40(54)7-5-6-16-50-19-20-61-45(27-50)13-17-51(18-14-45)29-8-9-31-32(23-29)44(58)52(43(31)57)36-10-11-39(53)47-41(36)55/h8-9,12,15,21-25,36H,5-7,10-11,13-14,16-20,26-27H2,1-4H3,(H,47,53,55). The third-order valence-electron chi connectivity index (χ3n) is 12.6. The number of aryl methyl sites for hydroxylation is 1. The Morgan fingerprint density at radius 3 is 2.39 bits per heavy atom. The van der Waals surface area contributed by atoms with Gasteiger partial charge >= 0.3 is 0 Å². The lowest BCUT2D eigenvalue weighted by Crippen LogP contribution is -2.57. The normalized spacial score (nSPS) is 19.0. The summed E-state index contributed by atoms with van der Waals surface area (Å²) >= 11 is 0. The quantitative estimate of drug-likeness (QED) is 0.163. The first-order valence-corrected chi connectivity index (χ1v) is 20.8. The van der Waals surface area contributed by atoms with Crippen molar-refractivity contribution in [3.8, 4) is 22.6 Å². The van der Waals surface area contributed by atoms with Crippen LogP contribution in [0, 0.1) is 0 Å². The van der Waals surface area contributed by atoms with Crippen LogP contribution in [0.1, 0.15) is 71.2 Å². The minimum Gasteiger partial charge on any atom is -0.496 e. The van der Waals surface area contributed by atoms with Crippen LogP contribution in [0.5, 0.6) is 11.5 Å². The topological polar surface area (TPSA) is 173 Å². The fourth-order valence-electron chi connectivity index (χ4n) is 9.21. The fraction of sp³-hybridized carbons (Fsp3) is 0.444. The zero-order chi connectivity index (χ0) is 43.0. The van der Waals surface area contributed by atoms with Gasteiger partial charge < -0.3 is 28.6 Å². The van der Waals surface area contributed by atoms with Crippen molar-refractivity contribution in [1.82, 2.24) is 29.6 Å². The first kappa shape index (κ1) is 41.6. The van der Waals surface area contributed by atoms with Gasteiger partial charge in [-0.15, -0.1) is 0 Å². The molecule has 61 heavy (non-hydrogen) atoms. The molecule has 0 radical (unpaired) electrons. The van der Waals surface area contributed by atoms with E-state index < -0.39 is 29.7 Å². The summed E-state index contributed by atoms with van der Waals surface area (Å²) in [6.45, 7) is 4.84. The average Bonchev–Trinajstić information content (AvgIpc) is 3.51. The van der Waals surface area contributed by atoms with Crippen LogP contribution in [0.15, 0.2) is 59.8 Å². The van der Waals surface area contributed by atoms with E-state index in [1.54, 1.807) is 63.9 Å². The molecule has 1 spiro atoms. The van der Waals surface area contributed by atoms with Crippen molar-refractivity contribution in [3.05, 3.63) is 82.0 Å². The van der Waals surface area contributed by atoms with Crippen LogP contribution in [0.3, 0.4) is 0 Å². The summed E-state index contributed by atoms with van der Waals surface area (Å²) in [6, 6.07) is 9.90. The lowest BCUT2D eigenvalue weighted by molar-refractivity contribution is -0.136. The van der Waals surface area contributed by atoms with E-state index in [0.717, 1.165) is 78.0 Å². The molecule has 16 nitrogen and oxygen atoms in total. The van der Waals surface area contributed by atoms with Gasteiger partial charge in [-0.1, -0.05) is 0 Å². The Labute approximate surface area is 353 Å². The number of anilines is 1. The van der Waals surface area contributed by atoms with Crippen molar-refractivity contribution in [2.24, 2.45) is 7.05 Å². The molecule has 1 atom stereocenters. The maximum Gasteiger partial charge on any atom is 0.262 e. The highest BCUT2D eigenvalue weighted by molar-refractivity contribution is 6.23. The molecule has 1 unspecified atom stereocenters. The largest absolute Gasteiger partial charge is 0.496 e. The number of ether oxygens (including phenoxy) is 3. The molecule has 5 amide bonds. The van der Waals surface area contributed by atoms with Crippen molar-refractivity contribution >= 4 is 46.0 Å². The van der Waals surface area contributed by atoms with E-state index in [1.165, 1.54) is 4.57 Å². The molecule has 1 N–H and O–H groups in total. The molecule has 0 saturated carbocycles. The number of unbranched alkanes of at least 4 members (excludes halogenated alkanes) is 1. The highest BCUT2D eigenvalue weighted by Gasteiger charge is 2.45. The highest BCUT2D eigenvalue weighted by atomic mass is 16.5. The molecule has 4 aliphatic rings. The van der Waals surface area contributed by atoms with E-state index in [2.05, 4.69) is 20.1 Å². The molecular formula is C45H51N7O9. The number of benzene rings is 2. The zero-order valence-electron chi connectivity index (χ0n) is 35.0. The third kappa shape index (κ3) is 8.09. The Bertz CT molecular complexity index is 2450. The number of hydrogen-bond donors (Lipinski definition) is 1. The lowest BCUT2D eigenvalue weighted by atomic mass is 9.88. The van der Waals surface area contributed by atoms with Gasteiger partial charge in [-0.05, 0) is 86.0 Å². The predicted molar refractivity (Wildman–Crippen MR) is 226 cm³/mol. The number of carbonyl (C=O) groups is 5. The Morgan fingerprint density at radius 2 is 1.67 bits per heavy atom. The smallest absolute Gasteiger partial charge is 0.262 e. The van der Waals surface area contributed by atoms with Gasteiger partial charge in [0, 0.05) is 83.0 Å². The number of piperidine rings is 2. The van der Waals surface area contributed by atoms with E-state index >= 15 is 0 Å². The van der Waals surface area contributed by atoms with Crippen LogP contribution in [-0.2, 0) is 32.7 Å². The van der Waals surface area contributed by atoms with Gasteiger partial charge in [0.2, 0.25) is 17.7 Å². The molecule has 2 aromatic carbocycles. The van der Waals surface area contributed by atoms with Crippen molar-refractivity contribution < 1.29 is 38.2 Å². The summed E-state index contributed by atoms with van der Waals surface area (Å²) in [5, 5.41) is 3.53. The van der Waals surface area contributed by atoms with E-state index in [1.807, 2.05) is 24.3 Å². The molecule has 0 aliphatic carbocycles. The van der Waals surface area contributed by atoms with Gasteiger partial charge in [0.15, 0.2) is 0 Å². The number of carbonyl (C=O) groups excluding carboxylic acids is 5. The van der Waals surface area contributed by atoms with Gasteiger partial charge in [0.1, 0.15) is 17.5 Å². The number of nitrogens with zero attached hydrogens (tertiary/aromatic N) is 6. The Morgan fingerprint density at radius 1 is 0.934 bits per heavy atom. The van der Waals surface area contributed by atoms with E-state index in [-0.39, 0.29) is 41.0 Å². The number of amides is 5. The van der Waals surface area contributed by atoms with Gasteiger partial charge in [-0.25, -0.2) is 0 Å². The lowest BCUT2D eigenvalue weighted by Gasteiger charge is -2.48. The summed E-state index contributed by atoms with van der Waals surface area (Å²) in [4.78, 5) is 88.4. The van der Waals surface area contributed by atoms with E-state index in [0.29, 0.717) is 49.5 Å². The van der Waals surface area contributed by atoms with Gasteiger partial charge in [-0.3, -0.25) is 48.9 Å². The van der Waals surface area contributed by atoms with E-state index in [4.69, 9.17) is 14.2 Å². The molecule has 4 aromatic rings. The Kier molecular flexibility index (Phi) is 11.7. The number of nitrogens with one attached hydrogen (secondary N) is 1. The first-order valence-electron chi connectivity index (χ1n) is 20.8. The predicted octanol–water partition coefficient (Wildman–Crippen LogP) is 3.52. The Hall–Kier alpha value is -6.13. The monoisotopic (exact) mass is 833 g/mol. The van der Waals surface area contributed by atoms with Crippen molar-refractivity contribution in [3.63, 3.8) is 0 Å². The summed E-state index contributed by atoms with van der Waals surface area (Å²) in [5.74, 6) is -0.872. The maximum absolute atomic E-state index is 13.4. The van der Waals surface area contributed by atoms with Crippen molar-refractivity contribution in [2.45, 2.75) is 63.1 Å². The number of pyridine rings is 2. The molecule has 2 aromatic heterocycles. The second kappa shape index (κ2) is 17.1. The summed E-state index contributed by atoms with van der Waals surface area (Å²) in [6.07, 6.45) is 8.83. The van der Waals surface area contributed by atoms with Crippen LogP contribution in [0.25, 0.3) is 21.9 Å². The number of hydrogen-bond acceptors (Lipinski definition) is 12. The SMILES string of the molecule is COc1cc(-c2cn(C)c(=O)c3cnccc23)cc(OC)c1CN(C)C(=O)CCCCN1CCOC2(CCN(c3ccc4c(c3)C(=O)N(C3CCC(=O)NC3=O)C4=O)CC2)C1. The van der Waals surface area contributed by atoms with Crippen LogP contribution >= 0.6 is 0 Å². The minimum atomic E-state index is -0.998. The van der Waals surface area contributed by atoms with Crippen LogP contribution in [0.4, 0.5) is 5.69 Å². The third-order valence-corrected chi connectivity index (χ3v) is 12.6. The zero-order valence-corrected chi connectivity index (χ0v) is 35.0. The maximum atomic E-state index is 13.4. The minimum absolute atomic E-state index is 0.0249. The summed E-state index contributed by atoms with van der Waals surface area (Å²) in [7, 11) is 6.68. The average molecular weight is 834 g/mol. The molecule has 6 heterocycles. The van der Waals surface area contributed by atoms with Crippen molar-refractivity contribution in [2.75, 3.05) is 65.5 Å². The van der Waals surface area contributed by atoms with Crippen LogP contribution in [0.2, 0.25) is 0 Å². The second-order valence-electron chi connectivity index (χ2n) is 16.4. The molecule has 3 saturated heterocycles. The molecule has 4 aliphatic heterocycles. The number of fused-ring (bicyclic) bond motifs is 2. The van der Waals surface area contributed by atoms with Crippen LogP contribution < -0.4 is 25.2 Å². The number of aromatic nitrogens is 2. The van der Waals surface area contributed by atoms with Crippen LogP contribution in [-0.4, -0.2) is 126 Å². The van der Waals surface area contributed by atoms with E-state index in [9.17, 15) is 28.8 Å². The van der Waals surface area contributed by atoms with Gasteiger partial charge in [-0.2, -0.15) is 0 Å². The molecule has 0 bridgehead atoms. The molecule has 16 heteroatoms. The Balaban J connectivity index is 0.827. The number of imide groups is 2. The summed E-state index contributed by atoms with van der Waals surface area (Å²) < 4.78 is 19.6. The molecule has 8 rings (SSSR count). The summed E-state index contributed by atoms with van der Waals surface area (Å²) in [5.41, 5.74) is 3.36. The van der Waals surface area contributed by atoms with Gasteiger partial charge in [0.05, 0.1) is 55.0 Å². The molecule has 320 valence electrons. The highest BCUT2D eigenvalue weighted by Crippen LogP contribution is 2.39. The molecular weight excluding hydrogens is 783 g/mol. The number of methoxy groups -OCH3 is 2. The number of rotatable bonds is 12. The second-order valence-corrected chi connectivity index (χ2v) is 16.4. The number of morpholine rings is 1. The molecule has 3 fully saturated rings. The first-order chi connectivity index (χ1) is 29.4. The van der Waals surface area contributed by atoms with Gasteiger partial charge in [0.25, 0.3) is 17.4 Å². The van der Waals surface area contributed by atoms with Crippen molar-refractivity contribution in [1.29, 1.82) is 0 Å².